The van der Waals surface area contributed by atoms with Gasteiger partial charge in [0.25, 0.3) is 0 Å². The van der Waals surface area contributed by atoms with Gasteiger partial charge >= 0.3 is 0 Å². The molecule has 64 valence electrons. The monoisotopic (exact) mass is 164 g/mol. The van der Waals surface area contributed by atoms with E-state index >= 15 is 0 Å². The molecule has 0 aromatic heterocycles. The first kappa shape index (κ1) is 6.84. The molecule has 2 heteroatoms. The Bertz CT molecular complexity index is 280. The standard InChI is InChI=1S/C10H12O2/c1-5-2-6-3-7-4-12-10(8(5)7)9(6)11/h2,6-8,10H,3-4H2,1H3/t6-,7+,8+,10-/m1/s1. The first-order chi connectivity index (χ1) is 5.77. The average molecular weight is 164 g/mol. The van der Waals surface area contributed by atoms with Crippen molar-refractivity contribution >= 4 is 5.78 Å². The molecule has 4 rings (SSSR count). The van der Waals surface area contributed by atoms with E-state index in [4.69, 9.17) is 4.74 Å². The Labute approximate surface area is 71.6 Å². The lowest BCUT2D eigenvalue weighted by atomic mass is 9.65. The minimum Gasteiger partial charge on any atom is -0.369 e. The fraction of sp³-hybridized carbons (Fsp3) is 0.700. The van der Waals surface area contributed by atoms with Gasteiger partial charge < -0.3 is 4.74 Å². The normalized spacial score (nSPS) is 49.8. The van der Waals surface area contributed by atoms with Crippen molar-refractivity contribution in [2.75, 3.05) is 6.61 Å². The molecule has 0 aromatic rings. The fourth-order valence-electron chi connectivity index (χ4n) is 3.00. The van der Waals surface area contributed by atoms with Gasteiger partial charge in [0.15, 0.2) is 5.78 Å². The van der Waals surface area contributed by atoms with Crippen LogP contribution in [0.15, 0.2) is 11.6 Å². The van der Waals surface area contributed by atoms with Crippen molar-refractivity contribution in [2.45, 2.75) is 19.4 Å². The summed E-state index contributed by atoms with van der Waals surface area (Å²) in [6.07, 6.45) is 3.12. The van der Waals surface area contributed by atoms with Crippen LogP contribution >= 0.6 is 0 Å². The summed E-state index contributed by atoms with van der Waals surface area (Å²) < 4.78 is 5.50. The first-order valence-corrected chi connectivity index (χ1v) is 4.61. The number of ketones is 1. The number of hydrogen-bond donors (Lipinski definition) is 0. The number of Topliss-reactive ketones (excluding diaryl/α,β-unsaturated/α-hetero) is 1. The van der Waals surface area contributed by atoms with Gasteiger partial charge in [-0.25, -0.2) is 0 Å². The summed E-state index contributed by atoms with van der Waals surface area (Å²) in [5.74, 6) is 1.59. The van der Waals surface area contributed by atoms with Crippen molar-refractivity contribution in [3.05, 3.63) is 11.6 Å². The van der Waals surface area contributed by atoms with Crippen LogP contribution in [0, 0.1) is 17.8 Å². The molecule has 0 unspecified atom stereocenters. The van der Waals surface area contributed by atoms with Crippen LogP contribution in [0.3, 0.4) is 0 Å². The van der Waals surface area contributed by atoms with Crippen molar-refractivity contribution in [1.82, 2.24) is 0 Å². The first-order valence-electron chi connectivity index (χ1n) is 4.61. The number of allylic oxidation sites excluding steroid dienone is 1. The van der Waals surface area contributed by atoms with E-state index in [1.165, 1.54) is 5.57 Å². The molecule has 0 radical (unpaired) electrons. The number of ether oxygens (including phenoxy) is 1. The molecule has 3 aliphatic carbocycles. The molecule has 4 atom stereocenters. The lowest BCUT2D eigenvalue weighted by molar-refractivity contribution is -0.133. The van der Waals surface area contributed by atoms with E-state index < -0.39 is 0 Å². The Hall–Kier alpha value is -0.630. The van der Waals surface area contributed by atoms with Crippen LogP contribution in [-0.4, -0.2) is 18.5 Å². The second-order valence-corrected chi connectivity index (χ2v) is 4.20. The van der Waals surface area contributed by atoms with E-state index in [-0.39, 0.29) is 12.0 Å². The maximum atomic E-state index is 11.6. The van der Waals surface area contributed by atoms with Crippen LogP contribution in [0.5, 0.6) is 0 Å². The van der Waals surface area contributed by atoms with Crippen LogP contribution in [-0.2, 0) is 9.53 Å². The highest BCUT2D eigenvalue weighted by molar-refractivity contribution is 5.90. The van der Waals surface area contributed by atoms with Gasteiger partial charge in [0, 0.05) is 11.8 Å². The highest BCUT2D eigenvalue weighted by Gasteiger charge is 2.52. The van der Waals surface area contributed by atoms with Gasteiger partial charge in [0.05, 0.1) is 6.61 Å². The third-order valence-electron chi connectivity index (χ3n) is 3.52. The SMILES string of the molecule is CC1=C[C@@H]2C[C@H]3CO[C@@H](C2=O)[C@@H]13. The zero-order valence-electron chi connectivity index (χ0n) is 7.12. The number of rotatable bonds is 0. The number of carbonyl (C=O) groups excluding carboxylic acids is 1. The predicted molar refractivity (Wildman–Crippen MR) is 43.6 cm³/mol. The van der Waals surface area contributed by atoms with Crippen molar-refractivity contribution in [1.29, 1.82) is 0 Å². The average Bonchev–Trinajstić information content (AvgIpc) is 2.40. The largest absolute Gasteiger partial charge is 0.369 e. The molecule has 2 nitrogen and oxygen atoms in total. The third-order valence-corrected chi connectivity index (χ3v) is 3.52. The molecule has 1 saturated heterocycles. The maximum absolute atomic E-state index is 11.6. The van der Waals surface area contributed by atoms with Gasteiger partial charge in [0.1, 0.15) is 6.10 Å². The van der Waals surface area contributed by atoms with Gasteiger partial charge in [0.2, 0.25) is 0 Å². The minimum atomic E-state index is -0.0706. The summed E-state index contributed by atoms with van der Waals surface area (Å²) in [6.45, 7) is 2.95. The van der Waals surface area contributed by atoms with Gasteiger partial charge in [-0.1, -0.05) is 11.6 Å². The summed E-state index contributed by atoms with van der Waals surface area (Å²) in [4.78, 5) is 11.6. The van der Waals surface area contributed by atoms with E-state index in [0.29, 0.717) is 17.6 Å². The lowest BCUT2D eigenvalue weighted by Gasteiger charge is -2.37. The Morgan fingerprint density at radius 3 is 3.17 bits per heavy atom. The Balaban J connectivity index is 2.13. The van der Waals surface area contributed by atoms with Gasteiger partial charge in [-0.05, 0) is 19.3 Å². The molecule has 2 fully saturated rings. The minimum absolute atomic E-state index is 0.0706. The van der Waals surface area contributed by atoms with Crippen molar-refractivity contribution in [2.24, 2.45) is 17.8 Å². The summed E-state index contributed by atoms with van der Waals surface area (Å²) in [5, 5.41) is 0. The van der Waals surface area contributed by atoms with E-state index in [1.807, 2.05) is 0 Å². The molecule has 4 bridgehead atoms. The Morgan fingerprint density at radius 2 is 2.42 bits per heavy atom. The van der Waals surface area contributed by atoms with E-state index in [2.05, 4.69) is 13.0 Å². The highest BCUT2D eigenvalue weighted by Crippen LogP contribution is 2.47. The van der Waals surface area contributed by atoms with Crippen molar-refractivity contribution < 1.29 is 9.53 Å². The number of carbonyl (C=O) groups is 1. The molecule has 0 N–H and O–H groups in total. The topological polar surface area (TPSA) is 26.3 Å². The third kappa shape index (κ3) is 0.626. The van der Waals surface area contributed by atoms with Crippen molar-refractivity contribution in [3.63, 3.8) is 0 Å². The van der Waals surface area contributed by atoms with Gasteiger partial charge in [-0.3, -0.25) is 4.79 Å². The van der Waals surface area contributed by atoms with Crippen LogP contribution in [0.25, 0.3) is 0 Å². The lowest BCUT2D eigenvalue weighted by Crippen LogP contribution is -2.43. The molecular formula is C10H12O2. The molecule has 0 aromatic carbocycles. The van der Waals surface area contributed by atoms with E-state index in [9.17, 15) is 4.79 Å². The summed E-state index contributed by atoms with van der Waals surface area (Å²) in [5.41, 5.74) is 1.39. The summed E-state index contributed by atoms with van der Waals surface area (Å²) >= 11 is 0. The molecule has 1 heterocycles. The van der Waals surface area contributed by atoms with Crippen LogP contribution in [0.4, 0.5) is 0 Å². The predicted octanol–water partition coefficient (Wildman–Crippen LogP) is 1.17. The molecule has 1 aliphatic heterocycles. The summed E-state index contributed by atoms with van der Waals surface area (Å²) in [6, 6.07) is 0. The molecule has 12 heavy (non-hydrogen) atoms. The molecule has 4 aliphatic rings. The maximum Gasteiger partial charge on any atom is 0.169 e. The Morgan fingerprint density at radius 1 is 1.58 bits per heavy atom. The van der Waals surface area contributed by atoms with Gasteiger partial charge in [-0.2, -0.15) is 0 Å². The van der Waals surface area contributed by atoms with Crippen LogP contribution in [0.1, 0.15) is 13.3 Å². The Kier molecular flexibility index (Phi) is 1.14. The van der Waals surface area contributed by atoms with Crippen LogP contribution < -0.4 is 0 Å². The molecule has 0 amide bonds. The van der Waals surface area contributed by atoms with E-state index in [1.54, 1.807) is 0 Å². The molecule has 0 spiro atoms. The molecular weight excluding hydrogens is 152 g/mol. The zero-order chi connectivity index (χ0) is 8.29. The second-order valence-electron chi connectivity index (χ2n) is 4.20. The van der Waals surface area contributed by atoms with Crippen molar-refractivity contribution in [3.8, 4) is 0 Å². The summed E-state index contributed by atoms with van der Waals surface area (Å²) in [7, 11) is 0. The second kappa shape index (κ2) is 1.99. The fourth-order valence-corrected chi connectivity index (χ4v) is 3.00. The van der Waals surface area contributed by atoms with Crippen LogP contribution in [0.2, 0.25) is 0 Å². The quantitative estimate of drug-likeness (QED) is 0.502. The van der Waals surface area contributed by atoms with Gasteiger partial charge in [-0.15, -0.1) is 0 Å². The zero-order valence-corrected chi connectivity index (χ0v) is 7.12. The highest BCUT2D eigenvalue weighted by atomic mass is 16.5. The number of hydrogen-bond acceptors (Lipinski definition) is 2. The smallest absolute Gasteiger partial charge is 0.169 e. The van der Waals surface area contributed by atoms with E-state index in [0.717, 1.165) is 13.0 Å². The molecule has 1 saturated carbocycles.